The molecule has 0 spiro atoms. The van der Waals surface area contributed by atoms with Gasteiger partial charge in [0, 0.05) is 23.7 Å². The molecule has 0 radical (unpaired) electrons. The Morgan fingerprint density at radius 3 is 2.70 bits per heavy atom. The maximum absolute atomic E-state index is 11.1. The van der Waals surface area contributed by atoms with Gasteiger partial charge in [-0.15, -0.1) is 0 Å². The summed E-state index contributed by atoms with van der Waals surface area (Å²) < 4.78 is 0. The summed E-state index contributed by atoms with van der Waals surface area (Å²) >= 11 is 0. The van der Waals surface area contributed by atoms with Crippen LogP contribution in [0.5, 0.6) is 0 Å². The zero-order valence-electron chi connectivity index (χ0n) is 12.9. The van der Waals surface area contributed by atoms with Gasteiger partial charge < -0.3 is 5.32 Å². The van der Waals surface area contributed by atoms with Crippen LogP contribution in [0.3, 0.4) is 0 Å². The van der Waals surface area contributed by atoms with E-state index in [1.54, 1.807) is 12.1 Å². The fraction of sp³-hybridized carbons (Fsp3) is 0.263. The van der Waals surface area contributed by atoms with Crippen molar-refractivity contribution in [1.82, 2.24) is 0 Å². The van der Waals surface area contributed by atoms with Gasteiger partial charge in [-0.3, -0.25) is 10.1 Å². The minimum Gasteiger partial charge on any atom is -0.378 e. The fourth-order valence-electron chi connectivity index (χ4n) is 3.80. The number of nitrogens with zero attached hydrogens (tertiary/aromatic N) is 1. The highest BCUT2D eigenvalue weighted by molar-refractivity contribution is 5.62. The summed E-state index contributed by atoms with van der Waals surface area (Å²) in [6.45, 7) is 2.09. The number of hydrogen-bond acceptors (Lipinski definition) is 3. The Bertz CT molecular complexity index is 796. The van der Waals surface area contributed by atoms with E-state index in [1.807, 2.05) is 6.07 Å². The lowest BCUT2D eigenvalue weighted by Crippen LogP contribution is -2.29. The Labute approximate surface area is 135 Å². The molecular formula is C19H18N2O2. The first kappa shape index (κ1) is 14.0. The van der Waals surface area contributed by atoms with Gasteiger partial charge in [-0.2, -0.15) is 0 Å². The van der Waals surface area contributed by atoms with Crippen LogP contribution in [0, 0.1) is 23.0 Å². The molecule has 0 amide bonds. The van der Waals surface area contributed by atoms with Crippen molar-refractivity contribution < 1.29 is 4.92 Å². The predicted molar refractivity (Wildman–Crippen MR) is 90.6 cm³/mol. The van der Waals surface area contributed by atoms with Crippen LogP contribution in [0.4, 0.5) is 11.4 Å². The number of nitro benzene ring substituents is 1. The van der Waals surface area contributed by atoms with Crippen molar-refractivity contribution in [3.63, 3.8) is 0 Å². The summed E-state index contributed by atoms with van der Waals surface area (Å²) in [5.41, 5.74) is 4.74. The van der Waals surface area contributed by atoms with Gasteiger partial charge in [0.15, 0.2) is 0 Å². The molecule has 0 bridgehead atoms. The molecule has 0 unspecified atom stereocenters. The molecule has 0 aromatic heterocycles. The molecule has 4 rings (SSSR count). The SMILES string of the molecule is Cc1ccc([C@@H]2Nc3ccc([N+](=O)[O-])cc3[C@H]3C=CC[C@H]32)cc1. The van der Waals surface area contributed by atoms with E-state index in [4.69, 9.17) is 0 Å². The van der Waals surface area contributed by atoms with Crippen molar-refractivity contribution >= 4 is 11.4 Å². The summed E-state index contributed by atoms with van der Waals surface area (Å²) in [4.78, 5) is 10.7. The van der Waals surface area contributed by atoms with Crippen LogP contribution < -0.4 is 5.32 Å². The van der Waals surface area contributed by atoms with Crippen LogP contribution in [0.25, 0.3) is 0 Å². The first-order valence-corrected chi connectivity index (χ1v) is 7.91. The van der Waals surface area contributed by atoms with E-state index in [9.17, 15) is 10.1 Å². The molecule has 3 atom stereocenters. The van der Waals surface area contributed by atoms with E-state index in [1.165, 1.54) is 11.1 Å². The molecule has 2 aromatic carbocycles. The lowest BCUT2D eigenvalue weighted by molar-refractivity contribution is -0.384. The van der Waals surface area contributed by atoms with Gasteiger partial charge in [0.2, 0.25) is 0 Å². The zero-order chi connectivity index (χ0) is 16.0. The van der Waals surface area contributed by atoms with E-state index >= 15 is 0 Å². The number of aryl methyl sites for hydroxylation is 1. The third-order valence-corrected chi connectivity index (χ3v) is 4.99. The third kappa shape index (κ3) is 2.31. The van der Waals surface area contributed by atoms with Crippen molar-refractivity contribution in [3.05, 3.63) is 81.4 Å². The molecule has 1 aliphatic heterocycles. The van der Waals surface area contributed by atoms with E-state index in [0.717, 1.165) is 17.7 Å². The van der Waals surface area contributed by atoms with Crippen LogP contribution in [0.1, 0.15) is 35.1 Å². The van der Waals surface area contributed by atoms with Crippen molar-refractivity contribution in [3.8, 4) is 0 Å². The number of allylic oxidation sites excluding steroid dienone is 2. The number of nitrogens with one attached hydrogen (secondary N) is 1. The van der Waals surface area contributed by atoms with Crippen LogP contribution >= 0.6 is 0 Å². The van der Waals surface area contributed by atoms with Crippen LogP contribution in [-0.2, 0) is 0 Å². The second-order valence-corrected chi connectivity index (χ2v) is 6.41. The monoisotopic (exact) mass is 306 g/mol. The number of benzene rings is 2. The number of nitro groups is 1. The van der Waals surface area contributed by atoms with Gasteiger partial charge >= 0.3 is 0 Å². The molecule has 2 aliphatic rings. The van der Waals surface area contributed by atoms with Crippen molar-refractivity contribution in [2.24, 2.45) is 5.92 Å². The zero-order valence-corrected chi connectivity index (χ0v) is 12.9. The Kier molecular flexibility index (Phi) is 3.18. The number of fused-ring (bicyclic) bond motifs is 3. The minimum absolute atomic E-state index is 0.165. The smallest absolute Gasteiger partial charge is 0.269 e. The highest BCUT2D eigenvalue weighted by atomic mass is 16.6. The molecule has 1 N–H and O–H groups in total. The van der Waals surface area contributed by atoms with Crippen molar-refractivity contribution in [2.75, 3.05) is 5.32 Å². The Balaban J connectivity index is 1.77. The number of anilines is 1. The largest absolute Gasteiger partial charge is 0.378 e. The quantitative estimate of drug-likeness (QED) is 0.496. The average Bonchev–Trinajstić information content (AvgIpc) is 3.04. The number of rotatable bonds is 2. The van der Waals surface area contributed by atoms with Gasteiger partial charge in [-0.1, -0.05) is 42.0 Å². The normalized spacial score (nSPS) is 24.7. The third-order valence-electron chi connectivity index (χ3n) is 4.99. The summed E-state index contributed by atoms with van der Waals surface area (Å²) in [6, 6.07) is 14.0. The van der Waals surface area contributed by atoms with E-state index in [-0.39, 0.29) is 22.6 Å². The molecule has 1 heterocycles. The second-order valence-electron chi connectivity index (χ2n) is 6.41. The topological polar surface area (TPSA) is 55.2 Å². The molecule has 0 saturated heterocycles. The molecule has 4 nitrogen and oxygen atoms in total. The Morgan fingerprint density at radius 1 is 1.17 bits per heavy atom. The average molecular weight is 306 g/mol. The summed E-state index contributed by atoms with van der Waals surface area (Å²) in [5.74, 6) is 0.657. The molecular weight excluding hydrogens is 288 g/mol. The van der Waals surface area contributed by atoms with Crippen molar-refractivity contribution in [1.29, 1.82) is 0 Å². The molecule has 1 aliphatic carbocycles. The molecule has 0 fully saturated rings. The van der Waals surface area contributed by atoms with Crippen LogP contribution in [0.2, 0.25) is 0 Å². The van der Waals surface area contributed by atoms with Gasteiger partial charge in [0.1, 0.15) is 0 Å². The highest BCUT2D eigenvalue weighted by Gasteiger charge is 2.38. The van der Waals surface area contributed by atoms with Gasteiger partial charge in [-0.05, 0) is 36.5 Å². The first-order chi connectivity index (χ1) is 11.1. The second kappa shape index (κ2) is 5.23. The standard InChI is InChI=1S/C19H18N2O2/c1-12-5-7-13(8-6-12)19-16-4-2-3-15(16)17-11-14(21(22)23)9-10-18(17)20-19/h2-3,5-11,15-16,19-20H,4H2,1H3/t15-,16+,19-/m0/s1. The summed E-state index contributed by atoms with van der Waals surface area (Å²) in [5, 5.41) is 14.7. The number of non-ortho nitro benzene ring substituents is 1. The number of hydrogen-bond donors (Lipinski definition) is 1. The molecule has 2 aromatic rings. The van der Waals surface area contributed by atoms with E-state index in [0.29, 0.717) is 5.92 Å². The van der Waals surface area contributed by atoms with Crippen LogP contribution in [0.15, 0.2) is 54.6 Å². The Hall–Kier alpha value is -2.62. The molecule has 0 saturated carbocycles. The van der Waals surface area contributed by atoms with Crippen molar-refractivity contribution in [2.45, 2.75) is 25.3 Å². The predicted octanol–water partition coefficient (Wildman–Crippen LogP) is 4.73. The maximum atomic E-state index is 11.1. The Morgan fingerprint density at radius 2 is 1.96 bits per heavy atom. The summed E-state index contributed by atoms with van der Waals surface area (Å²) in [7, 11) is 0. The fourth-order valence-corrected chi connectivity index (χ4v) is 3.80. The maximum Gasteiger partial charge on any atom is 0.269 e. The summed E-state index contributed by atoms with van der Waals surface area (Å²) in [6.07, 6.45) is 5.40. The van der Waals surface area contributed by atoms with E-state index in [2.05, 4.69) is 48.7 Å². The molecule has 116 valence electrons. The lowest BCUT2D eigenvalue weighted by atomic mass is 9.77. The van der Waals surface area contributed by atoms with Gasteiger partial charge in [-0.25, -0.2) is 0 Å². The lowest BCUT2D eigenvalue weighted by Gasteiger charge is -2.37. The first-order valence-electron chi connectivity index (χ1n) is 7.91. The molecule has 4 heteroatoms. The highest BCUT2D eigenvalue weighted by Crippen LogP contribution is 2.50. The minimum atomic E-state index is -0.319. The van der Waals surface area contributed by atoms with Crippen LogP contribution in [-0.4, -0.2) is 4.92 Å². The van der Waals surface area contributed by atoms with Gasteiger partial charge in [0.05, 0.1) is 11.0 Å². The van der Waals surface area contributed by atoms with Gasteiger partial charge in [0.25, 0.3) is 5.69 Å². The van der Waals surface area contributed by atoms with E-state index < -0.39 is 0 Å². The molecule has 23 heavy (non-hydrogen) atoms.